The van der Waals surface area contributed by atoms with Gasteiger partial charge in [-0.05, 0) is 6.92 Å². The number of ether oxygens (including phenoxy) is 1. The van der Waals surface area contributed by atoms with E-state index in [2.05, 4.69) is 14.7 Å². The number of methoxy groups -OCH3 is 1. The van der Waals surface area contributed by atoms with Gasteiger partial charge in [0.25, 0.3) is 0 Å². The van der Waals surface area contributed by atoms with Gasteiger partial charge in [0.05, 0.1) is 25.4 Å². The minimum Gasteiger partial charge on any atom is -0.453 e. The van der Waals surface area contributed by atoms with Gasteiger partial charge in [-0.15, -0.1) is 0 Å². The van der Waals surface area contributed by atoms with Gasteiger partial charge in [0.2, 0.25) is 0 Å². The largest absolute Gasteiger partial charge is 0.453 e. The van der Waals surface area contributed by atoms with Gasteiger partial charge < -0.3 is 4.74 Å². The molecule has 1 aliphatic heterocycles. The van der Waals surface area contributed by atoms with E-state index in [0.29, 0.717) is 6.54 Å². The Hall–Kier alpha value is -1.65. The number of amides is 1. The Bertz CT molecular complexity index is 367. The molecule has 0 bridgehead atoms. The predicted molar refractivity (Wildman–Crippen MR) is 48.4 cm³/mol. The van der Waals surface area contributed by atoms with Crippen molar-refractivity contribution in [3.05, 3.63) is 23.8 Å². The fourth-order valence-electron chi connectivity index (χ4n) is 1.65. The molecule has 1 amide bonds. The topological polar surface area (TPSA) is 55.3 Å². The summed E-state index contributed by atoms with van der Waals surface area (Å²) in [5.74, 6) is 0. The molecule has 0 spiro atoms. The highest BCUT2D eigenvalue weighted by Crippen LogP contribution is 2.31. The van der Waals surface area contributed by atoms with Crippen LogP contribution in [0.5, 0.6) is 0 Å². The summed E-state index contributed by atoms with van der Waals surface area (Å²) in [5, 5.41) is 0. The van der Waals surface area contributed by atoms with Crippen LogP contribution < -0.4 is 0 Å². The molecule has 0 saturated carbocycles. The molecule has 2 rings (SSSR count). The molecule has 1 atom stereocenters. The Balaban J connectivity index is 2.30. The average Bonchev–Trinajstić information content (AvgIpc) is 2.56. The summed E-state index contributed by atoms with van der Waals surface area (Å²) in [7, 11) is 1.38. The number of hydrogen-bond donors (Lipinski definition) is 0. The molecular weight excluding hydrogens is 182 g/mol. The minimum atomic E-state index is -0.324. The first-order valence-corrected chi connectivity index (χ1v) is 4.37. The second kappa shape index (κ2) is 3.25. The van der Waals surface area contributed by atoms with Gasteiger partial charge in [0, 0.05) is 11.8 Å². The normalized spacial score (nSPS) is 19.3. The van der Waals surface area contributed by atoms with E-state index in [4.69, 9.17) is 0 Å². The van der Waals surface area contributed by atoms with Crippen molar-refractivity contribution in [3.8, 4) is 0 Å². The second-order valence-electron chi connectivity index (χ2n) is 3.20. The Morgan fingerprint density at radius 1 is 1.71 bits per heavy atom. The van der Waals surface area contributed by atoms with Crippen LogP contribution in [0.25, 0.3) is 0 Å². The van der Waals surface area contributed by atoms with Gasteiger partial charge in [-0.1, -0.05) is 0 Å². The summed E-state index contributed by atoms with van der Waals surface area (Å²) < 4.78 is 4.67. The Morgan fingerprint density at radius 2 is 2.50 bits per heavy atom. The number of fused-ring (bicyclic) bond motifs is 1. The first-order chi connectivity index (χ1) is 6.74. The van der Waals surface area contributed by atoms with Crippen LogP contribution in [0.4, 0.5) is 4.79 Å². The first kappa shape index (κ1) is 8.93. The van der Waals surface area contributed by atoms with E-state index in [-0.39, 0.29) is 12.1 Å². The molecule has 2 heterocycles. The van der Waals surface area contributed by atoms with Crippen LogP contribution in [-0.2, 0) is 11.3 Å². The molecule has 74 valence electrons. The van der Waals surface area contributed by atoms with Crippen LogP contribution in [0.15, 0.2) is 12.5 Å². The summed E-state index contributed by atoms with van der Waals surface area (Å²) in [4.78, 5) is 21.0. The zero-order valence-corrected chi connectivity index (χ0v) is 8.10. The molecule has 1 aromatic heterocycles. The minimum absolute atomic E-state index is 0.00125. The van der Waals surface area contributed by atoms with E-state index in [9.17, 15) is 4.79 Å². The maximum absolute atomic E-state index is 11.3. The SMILES string of the molecule is COC(=O)N1Cc2ncncc2C1C. The second-order valence-corrected chi connectivity index (χ2v) is 3.20. The van der Waals surface area contributed by atoms with Crippen LogP contribution in [-0.4, -0.2) is 28.1 Å². The summed E-state index contributed by atoms with van der Waals surface area (Å²) in [6.45, 7) is 2.44. The Labute approximate surface area is 81.7 Å². The van der Waals surface area contributed by atoms with Crippen molar-refractivity contribution in [3.63, 3.8) is 0 Å². The van der Waals surface area contributed by atoms with E-state index in [1.54, 1.807) is 11.1 Å². The lowest BCUT2D eigenvalue weighted by molar-refractivity contribution is 0.111. The molecule has 1 aromatic rings. The number of carbonyl (C=O) groups is 1. The third kappa shape index (κ3) is 1.21. The molecular formula is C9H11N3O2. The molecule has 14 heavy (non-hydrogen) atoms. The van der Waals surface area contributed by atoms with Gasteiger partial charge >= 0.3 is 6.09 Å². The third-order valence-corrected chi connectivity index (χ3v) is 2.47. The molecule has 5 nitrogen and oxygen atoms in total. The van der Waals surface area contributed by atoms with E-state index in [1.165, 1.54) is 13.4 Å². The van der Waals surface area contributed by atoms with Crippen LogP contribution in [0.1, 0.15) is 24.2 Å². The maximum Gasteiger partial charge on any atom is 0.410 e. The monoisotopic (exact) mass is 193 g/mol. The number of hydrogen-bond acceptors (Lipinski definition) is 4. The molecule has 0 fully saturated rings. The lowest BCUT2D eigenvalue weighted by Gasteiger charge is -2.19. The van der Waals surface area contributed by atoms with Crippen molar-refractivity contribution in [2.24, 2.45) is 0 Å². The average molecular weight is 193 g/mol. The van der Waals surface area contributed by atoms with Crippen LogP contribution in [0.3, 0.4) is 0 Å². The van der Waals surface area contributed by atoms with Crippen LogP contribution in [0, 0.1) is 0 Å². The fraction of sp³-hybridized carbons (Fsp3) is 0.444. The predicted octanol–water partition coefficient (Wildman–Crippen LogP) is 1.12. The standard InChI is InChI=1S/C9H11N3O2/c1-6-7-3-10-5-11-8(7)4-12(6)9(13)14-2/h3,5-6H,4H2,1-2H3. The van der Waals surface area contributed by atoms with Crippen molar-refractivity contribution in [2.45, 2.75) is 19.5 Å². The lowest BCUT2D eigenvalue weighted by atomic mass is 10.2. The molecule has 0 N–H and O–H groups in total. The van der Waals surface area contributed by atoms with Crippen molar-refractivity contribution in [1.29, 1.82) is 0 Å². The van der Waals surface area contributed by atoms with Gasteiger partial charge in [0.1, 0.15) is 6.33 Å². The van der Waals surface area contributed by atoms with Crippen molar-refractivity contribution < 1.29 is 9.53 Å². The van der Waals surface area contributed by atoms with Gasteiger partial charge in [-0.25, -0.2) is 14.8 Å². The van der Waals surface area contributed by atoms with Crippen molar-refractivity contribution in [1.82, 2.24) is 14.9 Å². The molecule has 1 aliphatic rings. The molecule has 0 aromatic carbocycles. The number of carbonyl (C=O) groups excluding carboxylic acids is 1. The molecule has 5 heteroatoms. The maximum atomic E-state index is 11.3. The van der Waals surface area contributed by atoms with E-state index in [1.807, 2.05) is 6.92 Å². The zero-order valence-electron chi connectivity index (χ0n) is 8.10. The van der Waals surface area contributed by atoms with E-state index >= 15 is 0 Å². The molecule has 0 aliphatic carbocycles. The summed E-state index contributed by atoms with van der Waals surface area (Å²) >= 11 is 0. The highest BCUT2D eigenvalue weighted by Gasteiger charge is 2.31. The smallest absolute Gasteiger partial charge is 0.410 e. The van der Waals surface area contributed by atoms with Gasteiger partial charge in [0.15, 0.2) is 0 Å². The summed E-state index contributed by atoms with van der Waals surface area (Å²) in [6.07, 6.45) is 2.91. The van der Waals surface area contributed by atoms with Crippen LogP contribution >= 0.6 is 0 Å². The third-order valence-electron chi connectivity index (χ3n) is 2.47. The summed E-state index contributed by atoms with van der Waals surface area (Å²) in [6, 6.07) is -0.00125. The fourth-order valence-corrected chi connectivity index (χ4v) is 1.65. The molecule has 0 radical (unpaired) electrons. The number of rotatable bonds is 0. The van der Waals surface area contributed by atoms with E-state index < -0.39 is 0 Å². The van der Waals surface area contributed by atoms with Gasteiger partial charge in [-0.3, -0.25) is 4.90 Å². The van der Waals surface area contributed by atoms with Crippen molar-refractivity contribution >= 4 is 6.09 Å². The Morgan fingerprint density at radius 3 is 3.14 bits per heavy atom. The zero-order chi connectivity index (χ0) is 10.1. The molecule has 1 unspecified atom stereocenters. The Kier molecular flexibility index (Phi) is 2.07. The van der Waals surface area contributed by atoms with E-state index in [0.717, 1.165) is 11.3 Å². The summed E-state index contributed by atoms with van der Waals surface area (Å²) in [5.41, 5.74) is 1.90. The van der Waals surface area contributed by atoms with Crippen molar-refractivity contribution in [2.75, 3.05) is 7.11 Å². The first-order valence-electron chi connectivity index (χ1n) is 4.37. The highest BCUT2D eigenvalue weighted by molar-refractivity contribution is 5.69. The molecule has 0 saturated heterocycles. The highest BCUT2D eigenvalue weighted by atomic mass is 16.5. The quantitative estimate of drug-likeness (QED) is 0.619. The number of aromatic nitrogens is 2. The lowest BCUT2D eigenvalue weighted by Crippen LogP contribution is -2.27. The van der Waals surface area contributed by atoms with Gasteiger partial charge in [-0.2, -0.15) is 0 Å². The van der Waals surface area contributed by atoms with Crippen LogP contribution in [0.2, 0.25) is 0 Å². The number of nitrogens with zero attached hydrogens (tertiary/aromatic N) is 3.